The van der Waals surface area contributed by atoms with Crippen molar-refractivity contribution in [1.29, 1.82) is 5.26 Å². The van der Waals surface area contributed by atoms with Crippen LogP contribution in [0.5, 0.6) is 0 Å². The molecule has 1 aromatic carbocycles. The summed E-state index contributed by atoms with van der Waals surface area (Å²) in [4.78, 5) is 8.15. The van der Waals surface area contributed by atoms with Crippen molar-refractivity contribution in [3.05, 3.63) is 53.7 Å². The van der Waals surface area contributed by atoms with E-state index in [2.05, 4.69) is 15.3 Å². The van der Waals surface area contributed by atoms with Gasteiger partial charge in [0.15, 0.2) is 11.5 Å². The fraction of sp³-hybridized carbons (Fsp3) is 0.389. The van der Waals surface area contributed by atoms with Crippen LogP contribution < -0.4 is 5.32 Å². The lowest BCUT2D eigenvalue weighted by molar-refractivity contribution is 0.0618. The van der Waals surface area contributed by atoms with E-state index < -0.39 is 6.10 Å². The zero-order valence-corrected chi connectivity index (χ0v) is 13.2. The van der Waals surface area contributed by atoms with E-state index in [-0.39, 0.29) is 16.9 Å². The molecule has 1 aliphatic rings. The minimum Gasteiger partial charge on any atom is -0.392 e. The standard InChI is InChI=1S/C18H19FN4O/c19-14-5-3-13(4-6-14)10-18(7-1-2-16(18)24)12-23-17-15(11-20)21-8-9-22-17/h3-6,8-9,16,24H,1-2,7,10,12H2,(H,22,23)/t16-,18+/m1/s1. The van der Waals surface area contributed by atoms with Crippen molar-refractivity contribution in [2.24, 2.45) is 5.41 Å². The molecule has 1 aliphatic carbocycles. The molecule has 0 aliphatic heterocycles. The van der Waals surface area contributed by atoms with Crippen LogP contribution in [0.15, 0.2) is 36.7 Å². The van der Waals surface area contributed by atoms with Crippen molar-refractivity contribution in [3.63, 3.8) is 0 Å². The van der Waals surface area contributed by atoms with Gasteiger partial charge in [-0.3, -0.25) is 0 Å². The summed E-state index contributed by atoms with van der Waals surface area (Å²) in [7, 11) is 0. The van der Waals surface area contributed by atoms with Crippen LogP contribution in [0.3, 0.4) is 0 Å². The Morgan fingerprint density at radius 3 is 2.71 bits per heavy atom. The van der Waals surface area contributed by atoms with Gasteiger partial charge in [-0.25, -0.2) is 14.4 Å². The number of rotatable bonds is 5. The molecular weight excluding hydrogens is 307 g/mol. The van der Waals surface area contributed by atoms with E-state index in [0.29, 0.717) is 18.8 Å². The Morgan fingerprint density at radius 2 is 2.04 bits per heavy atom. The van der Waals surface area contributed by atoms with Gasteiger partial charge < -0.3 is 10.4 Å². The molecule has 0 unspecified atom stereocenters. The van der Waals surface area contributed by atoms with E-state index in [9.17, 15) is 9.50 Å². The maximum Gasteiger partial charge on any atom is 0.182 e. The van der Waals surface area contributed by atoms with Gasteiger partial charge >= 0.3 is 0 Å². The molecule has 0 spiro atoms. The first-order valence-corrected chi connectivity index (χ1v) is 8.00. The van der Waals surface area contributed by atoms with Gasteiger partial charge in [-0.15, -0.1) is 0 Å². The summed E-state index contributed by atoms with van der Waals surface area (Å²) in [6.45, 7) is 0.485. The average Bonchev–Trinajstić information content (AvgIpc) is 2.96. The SMILES string of the molecule is N#Cc1nccnc1NC[C@@]1(Cc2ccc(F)cc2)CCC[C@H]1O. The summed E-state index contributed by atoms with van der Waals surface area (Å²) in [5, 5.41) is 22.8. The number of hydrogen-bond acceptors (Lipinski definition) is 5. The third-order valence-electron chi connectivity index (χ3n) is 4.74. The highest BCUT2D eigenvalue weighted by atomic mass is 19.1. The summed E-state index contributed by atoms with van der Waals surface area (Å²) < 4.78 is 13.1. The normalized spacial score (nSPS) is 23.0. The second kappa shape index (κ2) is 6.93. The predicted octanol–water partition coefficient (Wildman–Crippen LogP) is 2.67. The maximum absolute atomic E-state index is 13.1. The summed E-state index contributed by atoms with van der Waals surface area (Å²) in [5.41, 5.74) is 0.864. The molecule has 1 heterocycles. The third kappa shape index (κ3) is 3.36. The second-order valence-electron chi connectivity index (χ2n) is 6.29. The van der Waals surface area contributed by atoms with E-state index in [1.54, 1.807) is 12.1 Å². The molecule has 0 saturated heterocycles. The first kappa shape index (κ1) is 16.3. The van der Waals surface area contributed by atoms with E-state index >= 15 is 0 Å². The van der Waals surface area contributed by atoms with Crippen molar-refractivity contribution >= 4 is 5.82 Å². The molecule has 1 saturated carbocycles. The lowest BCUT2D eigenvalue weighted by Crippen LogP contribution is -2.39. The molecule has 6 heteroatoms. The predicted molar refractivity (Wildman–Crippen MR) is 87.6 cm³/mol. The first-order chi connectivity index (χ1) is 11.6. The number of halogens is 1. The molecule has 0 bridgehead atoms. The van der Waals surface area contributed by atoms with Gasteiger partial charge in [0, 0.05) is 24.4 Å². The Kier molecular flexibility index (Phi) is 4.72. The molecule has 1 fully saturated rings. The van der Waals surface area contributed by atoms with Crippen molar-refractivity contribution < 1.29 is 9.50 Å². The summed E-state index contributed by atoms with van der Waals surface area (Å²) in [6.07, 6.45) is 5.75. The lowest BCUT2D eigenvalue weighted by Gasteiger charge is -2.33. The number of nitriles is 1. The van der Waals surface area contributed by atoms with Crippen LogP contribution in [-0.2, 0) is 6.42 Å². The Morgan fingerprint density at radius 1 is 1.29 bits per heavy atom. The van der Waals surface area contributed by atoms with Crippen molar-refractivity contribution in [2.75, 3.05) is 11.9 Å². The van der Waals surface area contributed by atoms with Crippen LogP contribution in [0.4, 0.5) is 10.2 Å². The molecular formula is C18H19FN4O. The lowest BCUT2D eigenvalue weighted by atomic mass is 9.78. The van der Waals surface area contributed by atoms with Gasteiger partial charge in [0.2, 0.25) is 0 Å². The largest absolute Gasteiger partial charge is 0.392 e. The van der Waals surface area contributed by atoms with Crippen molar-refractivity contribution in [2.45, 2.75) is 31.8 Å². The molecule has 124 valence electrons. The summed E-state index contributed by atoms with van der Waals surface area (Å²) >= 11 is 0. The molecule has 2 atom stereocenters. The minimum absolute atomic E-state index is 0.238. The van der Waals surface area contributed by atoms with Gasteiger partial charge in [0.25, 0.3) is 0 Å². The van der Waals surface area contributed by atoms with E-state index in [1.165, 1.54) is 24.5 Å². The summed E-state index contributed by atoms with van der Waals surface area (Å²) in [6, 6.07) is 8.40. The van der Waals surface area contributed by atoms with Crippen LogP contribution in [0.1, 0.15) is 30.5 Å². The highest BCUT2D eigenvalue weighted by molar-refractivity contribution is 5.47. The molecule has 0 amide bonds. The number of anilines is 1. The number of hydrogen-bond donors (Lipinski definition) is 2. The Hall–Kier alpha value is -2.52. The van der Waals surface area contributed by atoms with Crippen LogP contribution in [0, 0.1) is 22.6 Å². The highest BCUT2D eigenvalue weighted by Crippen LogP contribution is 2.41. The number of nitrogens with zero attached hydrogens (tertiary/aromatic N) is 3. The minimum atomic E-state index is -0.447. The number of benzene rings is 1. The van der Waals surface area contributed by atoms with Crippen molar-refractivity contribution in [1.82, 2.24) is 9.97 Å². The summed E-state index contributed by atoms with van der Waals surface area (Å²) in [5.74, 6) is 0.161. The Bertz CT molecular complexity index is 743. The van der Waals surface area contributed by atoms with Gasteiger partial charge in [0.1, 0.15) is 11.9 Å². The monoisotopic (exact) mass is 326 g/mol. The molecule has 2 aromatic rings. The molecule has 3 rings (SSSR count). The van der Waals surface area contributed by atoms with Gasteiger partial charge in [0.05, 0.1) is 6.10 Å². The quantitative estimate of drug-likeness (QED) is 0.883. The smallest absolute Gasteiger partial charge is 0.182 e. The molecule has 24 heavy (non-hydrogen) atoms. The number of aliphatic hydroxyl groups excluding tert-OH is 1. The molecule has 5 nitrogen and oxygen atoms in total. The van der Waals surface area contributed by atoms with Gasteiger partial charge in [-0.2, -0.15) is 5.26 Å². The van der Waals surface area contributed by atoms with Crippen LogP contribution in [0.25, 0.3) is 0 Å². The average molecular weight is 326 g/mol. The van der Waals surface area contributed by atoms with E-state index in [1.807, 2.05) is 6.07 Å². The maximum atomic E-state index is 13.1. The van der Waals surface area contributed by atoms with E-state index in [0.717, 1.165) is 24.8 Å². The number of aromatic nitrogens is 2. The fourth-order valence-electron chi connectivity index (χ4n) is 3.41. The Labute approximate surface area is 140 Å². The van der Waals surface area contributed by atoms with Crippen LogP contribution in [-0.4, -0.2) is 27.7 Å². The van der Waals surface area contributed by atoms with Crippen LogP contribution >= 0.6 is 0 Å². The number of nitrogens with one attached hydrogen (secondary N) is 1. The molecule has 2 N–H and O–H groups in total. The van der Waals surface area contributed by atoms with E-state index in [4.69, 9.17) is 5.26 Å². The highest BCUT2D eigenvalue weighted by Gasteiger charge is 2.42. The zero-order chi connectivity index (χ0) is 17.0. The Balaban J connectivity index is 1.79. The van der Waals surface area contributed by atoms with Gasteiger partial charge in [-0.05, 0) is 37.0 Å². The third-order valence-corrected chi connectivity index (χ3v) is 4.74. The topological polar surface area (TPSA) is 81.8 Å². The van der Waals surface area contributed by atoms with Crippen LogP contribution in [0.2, 0.25) is 0 Å². The van der Waals surface area contributed by atoms with Gasteiger partial charge in [-0.1, -0.05) is 18.6 Å². The first-order valence-electron chi connectivity index (χ1n) is 8.00. The van der Waals surface area contributed by atoms with Crippen molar-refractivity contribution in [3.8, 4) is 6.07 Å². The molecule has 1 aromatic heterocycles. The molecule has 0 radical (unpaired) electrons. The second-order valence-corrected chi connectivity index (χ2v) is 6.29. The fourth-order valence-corrected chi connectivity index (χ4v) is 3.41. The number of aliphatic hydroxyl groups is 1. The zero-order valence-electron chi connectivity index (χ0n) is 13.2.